The quantitative estimate of drug-likeness (QED) is 0.595. The molecule has 0 aromatic heterocycles. The van der Waals surface area contributed by atoms with Crippen LogP contribution in [0.15, 0.2) is 29.2 Å². The van der Waals surface area contributed by atoms with Crippen molar-refractivity contribution in [1.29, 1.82) is 0 Å². The molecular weight excluding hydrogens is 422 g/mol. The van der Waals surface area contributed by atoms with Crippen molar-refractivity contribution in [2.75, 3.05) is 25.1 Å². The van der Waals surface area contributed by atoms with E-state index in [9.17, 15) is 18.0 Å². The molecule has 0 spiro atoms. The standard InChI is InChI=1S/C21H33N3O4S2/c1-15(2)21(26)24-12-9-17(10-13-24)22-20(25)19(11-14-29-4)23-30(27,28)18-7-5-16(3)6-8-18/h5-8,15,17,19,23H,9-14H2,1-4H3,(H,22,25). The number of amides is 2. The van der Waals surface area contributed by atoms with Crippen molar-refractivity contribution in [2.24, 2.45) is 5.92 Å². The minimum absolute atomic E-state index is 0.0387. The summed E-state index contributed by atoms with van der Waals surface area (Å²) in [6.07, 6.45) is 3.67. The molecular formula is C21H33N3O4S2. The van der Waals surface area contributed by atoms with Crippen molar-refractivity contribution in [3.63, 3.8) is 0 Å². The second-order valence-electron chi connectivity index (χ2n) is 8.03. The van der Waals surface area contributed by atoms with E-state index in [1.807, 2.05) is 31.9 Å². The van der Waals surface area contributed by atoms with Gasteiger partial charge in [0.05, 0.1) is 4.90 Å². The van der Waals surface area contributed by atoms with E-state index in [4.69, 9.17) is 0 Å². The first-order chi connectivity index (χ1) is 14.1. The van der Waals surface area contributed by atoms with Gasteiger partial charge >= 0.3 is 0 Å². The lowest BCUT2D eigenvalue weighted by Crippen LogP contribution is -2.53. The van der Waals surface area contributed by atoms with Gasteiger partial charge in [0.1, 0.15) is 6.04 Å². The molecule has 2 rings (SSSR count). The zero-order valence-electron chi connectivity index (χ0n) is 18.2. The van der Waals surface area contributed by atoms with Crippen LogP contribution in [0.2, 0.25) is 0 Å². The predicted molar refractivity (Wildman–Crippen MR) is 121 cm³/mol. The molecule has 1 aliphatic heterocycles. The van der Waals surface area contributed by atoms with E-state index in [1.54, 1.807) is 36.0 Å². The fourth-order valence-electron chi connectivity index (χ4n) is 3.36. The lowest BCUT2D eigenvalue weighted by molar-refractivity contribution is -0.135. The van der Waals surface area contributed by atoms with Crippen molar-refractivity contribution in [1.82, 2.24) is 14.9 Å². The van der Waals surface area contributed by atoms with E-state index >= 15 is 0 Å². The Kier molecular flexibility index (Phi) is 9.18. The Hall–Kier alpha value is -1.58. The number of rotatable bonds is 9. The first-order valence-electron chi connectivity index (χ1n) is 10.3. The maximum absolute atomic E-state index is 12.9. The Balaban J connectivity index is 2.00. The van der Waals surface area contributed by atoms with Gasteiger partial charge < -0.3 is 10.2 Å². The lowest BCUT2D eigenvalue weighted by atomic mass is 10.0. The number of carbonyl (C=O) groups excluding carboxylic acids is 2. The van der Waals surface area contributed by atoms with Crippen molar-refractivity contribution >= 4 is 33.6 Å². The van der Waals surface area contributed by atoms with E-state index in [1.165, 1.54) is 0 Å². The molecule has 168 valence electrons. The monoisotopic (exact) mass is 455 g/mol. The van der Waals surface area contributed by atoms with Crippen LogP contribution >= 0.6 is 11.8 Å². The van der Waals surface area contributed by atoms with Gasteiger partial charge in [0.25, 0.3) is 0 Å². The van der Waals surface area contributed by atoms with Crippen molar-refractivity contribution in [3.05, 3.63) is 29.8 Å². The average Bonchev–Trinajstić information content (AvgIpc) is 2.71. The molecule has 1 aromatic carbocycles. The number of hydrogen-bond donors (Lipinski definition) is 2. The molecule has 30 heavy (non-hydrogen) atoms. The fraction of sp³-hybridized carbons (Fsp3) is 0.619. The SMILES string of the molecule is CSCCC(NS(=O)(=O)c1ccc(C)cc1)C(=O)NC1CCN(C(=O)C(C)C)CC1. The third-order valence-corrected chi connectivity index (χ3v) is 7.33. The third kappa shape index (κ3) is 6.99. The minimum atomic E-state index is -3.80. The van der Waals surface area contributed by atoms with Crippen LogP contribution in [-0.2, 0) is 19.6 Å². The Morgan fingerprint density at radius 3 is 2.30 bits per heavy atom. The van der Waals surface area contributed by atoms with Crippen molar-refractivity contribution < 1.29 is 18.0 Å². The number of carbonyl (C=O) groups is 2. The van der Waals surface area contributed by atoms with E-state index in [2.05, 4.69) is 10.0 Å². The van der Waals surface area contributed by atoms with Crippen LogP contribution in [0.3, 0.4) is 0 Å². The highest BCUT2D eigenvalue weighted by molar-refractivity contribution is 7.98. The van der Waals surface area contributed by atoms with Gasteiger partial charge in [-0.15, -0.1) is 0 Å². The summed E-state index contributed by atoms with van der Waals surface area (Å²) in [6, 6.07) is 5.66. The molecule has 9 heteroatoms. The minimum Gasteiger partial charge on any atom is -0.352 e. The molecule has 1 unspecified atom stereocenters. The van der Waals surface area contributed by atoms with Crippen LogP contribution in [0, 0.1) is 12.8 Å². The number of nitrogens with zero attached hydrogens (tertiary/aromatic N) is 1. The molecule has 1 heterocycles. The van der Waals surface area contributed by atoms with Gasteiger partial charge in [0.2, 0.25) is 21.8 Å². The largest absolute Gasteiger partial charge is 0.352 e. The zero-order chi connectivity index (χ0) is 22.3. The summed E-state index contributed by atoms with van der Waals surface area (Å²) < 4.78 is 28.1. The molecule has 1 aromatic rings. The maximum atomic E-state index is 12.9. The van der Waals surface area contributed by atoms with Gasteiger partial charge in [-0.25, -0.2) is 8.42 Å². The van der Waals surface area contributed by atoms with Crippen LogP contribution < -0.4 is 10.0 Å². The highest BCUT2D eigenvalue weighted by Crippen LogP contribution is 2.15. The topological polar surface area (TPSA) is 95.6 Å². The number of nitrogens with one attached hydrogen (secondary N) is 2. The molecule has 0 radical (unpaired) electrons. The Morgan fingerprint density at radius 2 is 1.77 bits per heavy atom. The van der Waals surface area contributed by atoms with Crippen LogP contribution in [-0.4, -0.2) is 62.3 Å². The number of likely N-dealkylation sites (tertiary alicyclic amines) is 1. The summed E-state index contributed by atoms with van der Waals surface area (Å²) in [5.74, 6) is 0.440. The van der Waals surface area contributed by atoms with Crippen LogP contribution in [0.5, 0.6) is 0 Å². The summed E-state index contributed by atoms with van der Waals surface area (Å²) in [7, 11) is -3.80. The Labute approximate surface area is 184 Å². The van der Waals surface area contributed by atoms with E-state index < -0.39 is 16.1 Å². The van der Waals surface area contributed by atoms with Gasteiger partial charge in [0.15, 0.2) is 0 Å². The molecule has 2 N–H and O–H groups in total. The van der Waals surface area contributed by atoms with Crippen LogP contribution in [0.25, 0.3) is 0 Å². The van der Waals surface area contributed by atoms with Crippen molar-refractivity contribution in [3.8, 4) is 0 Å². The summed E-state index contributed by atoms with van der Waals surface area (Å²) >= 11 is 1.56. The molecule has 1 atom stereocenters. The summed E-state index contributed by atoms with van der Waals surface area (Å²) in [4.78, 5) is 27.0. The number of piperidine rings is 1. The first kappa shape index (κ1) is 24.7. The highest BCUT2D eigenvalue weighted by Gasteiger charge is 2.29. The predicted octanol–water partition coefficient (Wildman–Crippen LogP) is 2.16. The summed E-state index contributed by atoms with van der Waals surface area (Å²) in [6.45, 7) is 6.86. The van der Waals surface area contributed by atoms with Crippen LogP contribution in [0.1, 0.15) is 38.7 Å². The van der Waals surface area contributed by atoms with E-state index in [0.29, 0.717) is 38.1 Å². The number of sulfonamides is 1. The van der Waals surface area contributed by atoms with Crippen LogP contribution in [0.4, 0.5) is 0 Å². The number of hydrogen-bond acceptors (Lipinski definition) is 5. The molecule has 0 bridgehead atoms. The number of thioether (sulfide) groups is 1. The highest BCUT2D eigenvalue weighted by atomic mass is 32.2. The summed E-state index contributed by atoms with van der Waals surface area (Å²) in [5.41, 5.74) is 0.966. The normalized spacial score (nSPS) is 16.5. The molecule has 7 nitrogen and oxygen atoms in total. The second kappa shape index (κ2) is 11.2. The van der Waals surface area contributed by atoms with E-state index in [0.717, 1.165) is 5.56 Å². The second-order valence-corrected chi connectivity index (χ2v) is 10.7. The van der Waals surface area contributed by atoms with E-state index in [-0.39, 0.29) is 28.7 Å². The first-order valence-corrected chi connectivity index (χ1v) is 13.2. The summed E-state index contributed by atoms with van der Waals surface area (Å²) in [5, 5.41) is 2.99. The Bertz CT molecular complexity index is 817. The average molecular weight is 456 g/mol. The Morgan fingerprint density at radius 1 is 1.17 bits per heavy atom. The van der Waals surface area contributed by atoms with Gasteiger partial charge in [-0.1, -0.05) is 31.5 Å². The van der Waals surface area contributed by atoms with Gasteiger partial charge in [-0.3, -0.25) is 9.59 Å². The van der Waals surface area contributed by atoms with Crippen molar-refractivity contribution in [2.45, 2.75) is 57.0 Å². The lowest BCUT2D eigenvalue weighted by Gasteiger charge is -2.34. The number of benzene rings is 1. The van der Waals surface area contributed by atoms with Gasteiger partial charge in [-0.2, -0.15) is 16.5 Å². The molecule has 0 saturated carbocycles. The molecule has 1 aliphatic rings. The van der Waals surface area contributed by atoms with Gasteiger partial charge in [0, 0.05) is 25.0 Å². The third-order valence-electron chi connectivity index (χ3n) is 5.20. The zero-order valence-corrected chi connectivity index (χ0v) is 19.8. The molecule has 1 saturated heterocycles. The van der Waals surface area contributed by atoms with Gasteiger partial charge in [-0.05, 0) is 50.3 Å². The maximum Gasteiger partial charge on any atom is 0.241 e. The smallest absolute Gasteiger partial charge is 0.241 e. The molecule has 2 amide bonds. The molecule has 0 aliphatic carbocycles. The fourth-order valence-corrected chi connectivity index (χ4v) is 5.06. The molecule has 1 fully saturated rings. The number of aryl methyl sites for hydroxylation is 1.